The predicted octanol–water partition coefficient (Wildman–Crippen LogP) is 3.32. The minimum Gasteiger partial charge on any atom is -0.507 e. The molecule has 0 saturated heterocycles. The Hall–Kier alpha value is -3.96. The molecule has 0 aliphatic heterocycles. The topological polar surface area (TPSA) is 129 Å². The van der Waals surface area contributed by atoms with E-state index in [9.17, 15) is 28.1 Å². The Labute approximate surface area is 195 Å². The van der Waals surface area contributed by atoms with Crippen LogP contribution in [0.1, 0.15) is 11.1 Å². The van der Waals surface area contributed by atoms with E-state index >= 15 is 0 Å². The van der Waals surface area contributed by atoms with Gasteiger partial charge in [-0.3, -0.25) is 0 Å². The molecule has 9 nitrogen and oxygen atoms in total. The van der Waals surface area contributed by atoms with Crippen LogP contribution < -0.4 is 0 Å². The van der Waals surface area contributed by atoms with E-state index in [4.69, 9.17) is 0 Å². The van der Waals surface area contributed by atoms with Crippen molar-refractivity contribution in [2.75, 3.05) is 7.05 Å². The molecule has 3 aromatic carbocycles. The van der Waals surface area contributed by atoms with Gasteiger partial charge in [-0.2, -0.15) is 4.31 Å². The van der Waals surface area contributed by atoms with Gasteiger partial charge in [0, 0.05) is 19.7 Å². The second kappa shape index (κ2) is 8.76. The van der Waals surface area contributed by atoms with Crippen LogP contribution in [-0.2, 0) is 16.6 Å². The molecular weight excluding hydrogens is 463 g/mol. The smallest absolute Gasteiger partial charge is 0.319 e. The zero-order chi connectivity index (χ0) is 24.6. The highest BCUT2D eigenvalue weighted by Gasteiger charge is 2.28. The third-order valence-corrected chi connectivity index (χ3v) is 7.16. The summed E-state index contributed by atoms with van der Waals surface area (Å²) in [7, 11) is -2.93. The van der Waals surface area contributed by atoms with Crippen LogP contribution in [0, 0.1) is 12.7 Å². The van der Waals surface area contributed by atoms with Crippen LogP contribution in [0.3, 0.4) is 0 Å². The van der Waals surface area contributed by atoms with Crippen molar-refractivity contribution in [2.45, 2.75) is 18.4 Å². The van der Waals surface area contributed by atoms with Gasteiger partial charge in [-0.15, -0.1) is 5.10 Å². The molecule has 4 aromatic rings. The number of halogens is 1. The summed E-state index contributed by atoms with van der Waals surface area (Å²) in [6.45, 7) is 1.72. The van der Waals surface area contributed by atoms with Gasteiger partial charge < -0.3 is 15.3 Å². The predicted molar refractivity (Wildman–Crippen MR) is 122 cm³/mol. The summed E-state index contributed by atoms with van der Waals surface area (Å²) in [4.78, 5) is -0.483. The van der Waals surface area contributed by atoms with Crippen molar-refractivity contribution < 1.29 is 28.1 Å². The second-order valence-electron chi connectivity index (χ2n) is 7.67. The van der Waals surface area contributed by atoms with Crippen LogP contribution in [0.2, 0.25) is 0 Å². The second-order valence-corrected chi connectivity index (χ2v) is 9.68. The average Bonchev–Trinajstić information content (AvgIpc) is 3.16. The Morgan fingerprint density at radius 3 is 2.32 bits per heavy atom. The quantitative estimate of drug-likeness (QED) is 0.383. The third kappa shape index (κ3) is 4.18. The lowest BCUT2D eigenvalue weighted by Gasteiger charge is -2.19. The average molecular weight is 485 g/mol. The van der Waals surface area contributed by atoms with Crippen LogP contribution >= 0.6 is 0 Å². The van der Waals surface area contributed by atoms with E-state index in [1.165, 1.54) is 35.9 Å². The normalized spacial score (nSPS) is 11.8. The van der Waals surface area contributed by atoms with Crippen molar-refractivity contribution >= 4 is 10.0 Å². The van der Waals surface area contributed by atoms with E-state index in [-0.39, 0.29) is 17.9 Å². The summed E-state index contributed by atoms with van der Waals surface area (Å²) in [5.74, 6) is -1.60. The number of hydrogen-bond donors (Lipinski definition) is 3. The Kier molecular flexibility index (Phi) is 5.98. The van der Waals surface area contributed by atoms with Crippen LogP contribution in [-0.4, -0.2) is 49.9 Å². The van der Waals surface area contributed by atoms with Gasteiger partial charge in [0.05, 0.1) is 11.3 Å². The molecule has 11 heteroatoms. The monoisotopic (exact) mass is 484 g/mol. The van der Waals surface area contributed by atoms with Crippen molar-refractivity contribution in [1.29, 1.82) is 0 Å². The van der Waals surface area contributed by atoms with Gasteiger partial charge in [-0.25, -0.2) is 17.4 Å². The number of para-hydroxylation sites is 1. The van der Waals surface area contributed by atoms with E-state index in [2.05, 4.69) is 10.2 Å². The Morgan fingerprint density at radius 2 is 1.65 bits per heavy atom. The summed E-state index contributed by atoms with van der Waals surface area (Å²) in [6.07, 6.45) is 0. The Morgan fingerprint density at radius 1 is 0.971 bits per heavy atom. The molecule has 176 valence electrons. The fraction of sp³-hybridized carbons (Fsp3) is 0.130. The standard InChI is InChI=1S/C23H21FN4O5S/c1-14-5-3-4-6-18(14)28-22(25-26-23(28)31)17-11-21(20(30)12-19(17)29)34(32,33)27(2)13-15-7-9-16(24)10-8-15/h3-12,29-30H,13H2,1-2H3,(H,26,31). The number of aryl methyl sites for hydroxylation is 1. The van der Waals surface area contributed by atoms with Crippen LogP contribution in [0.15, 0.2) is 65.6 Å². The molecule has 0 fully saturated rings. The van der Waals surface area contributed by atoms with Crippen molar-refractivity contribution in [3.05, 3.63) is 77.6 Å². The first-order valence-corrected chi connectivity index (χ1v) is 11.5. The number of benzene rings is 3. The van der Waals surface area contributed by atoms with E-state index in [0.717, 1.165) is 22.0 Å². The first-order valence-electron chi connectivity index (χ1n) is 10.1. The van der Waals surface area contributed by atoms with E-state index in [1.54, 1.807) is 31.2 Å². The number of phenolic OH excluding ortho intramolecular Hbond substituents is 2. The Balaban J connectivity index is 1.80. The molecule has 3 N–H and O–H groups in total. The first-order chi connectivity index (χ1) is 16.1. The van der Waals surface area contributed by atoms with E-state index in [1.807, 2.05) is 0 Å². The van der Waals surface area contributed by atoms with Crippen molar-refractivity contribution in [3.63, 3.8) is 0 Å². The maximum absolute atomic E-state index is 13.3. The van der Waals surface area contributed by atoms with Gasteiger partial charge in [0.25, 0.3) is 0 Å². The number of phenols is 2. The number of hydrogen-bond acceptors (Lipinski definition) is 7. The highest BCUT2D eigenvalue weighted by Crippen LogP contribution is 2.39. The van der Waals surface area contributed by atoms with Crippen molar-refractivity contribution in [2.24, 2.45) is 0 Å². The third-order valence-electron chi connectivity index (χ3n) is 5.33. The SMILES string of the molecule is Cc1ccccc1-n1c(O)nnc1-c1cc(S(=O)(=O)N(C)Cc2ccc(F)cc2)c(O)cc1O. The van der Waals surface area contributed by atoms with Gasteiger partial charge in [0.1, 0.15) is 22.2 Å². The summed E-state index contributed by atoms with van der Waals surface area (Å²) < 4.78 is 41.9. The maximum atomic E-state index is 13.3. The molecule has 1 heterocycles. The lowest BCUT2D eigenvalue weighted by molar-refractivity contribution is 0.420. The minimum atomic E-state index is -4.25. The van der Waals surface area contributed by atoms with E-state index in [0.29, 0.717) is 11.3 Å². The van der Waals surface area contributed by atoms with Gasteiger partial charge in [-0.1, -0.05) is 35.4 Å². The molecular formula is C23H21FN4O5S. The minimum absolute atomic E-state index is 0.0260. The molecule has 0 atom stereocenters. The zero-order valence-corrected chi connectivity index (χ0v) is 19.0. The molecule has 34 heavy (non-hydrogen) atoms. The molecule has 0 aliphatic rings. The van der Waals surface area contributed by atoms with Gasteiger partial charge in [0.2, 0.25) is 10.0 Å². The van der Waals surface area contributed by atoms with Crippen LogP contribution in [0.4, 0.5) is 4.39 Å². The fourth-order valence-electron chi connectivity index (χ4n) is 3.53. The number of sulfonamides is 1. The van der Waals surface area contributed by atoms with Gasteiger partial charge in [-0.05, 0) is 42.3 Å². The maximum Gasteiger partial charge on any atom is 0.319 e. The van der Waals surface area contributed by atoms with Gasteiger partial charge in [0.15, 0.2) is 5.82 Å². The van der Waals surface area contributed by atoms with Crippen LogP contribution in [0.5, 0.6) is 17.5 Å². The summed E-state index contributed by atoms with van der Waals surface area (Å²) in [5, 5.41) is 38.8. The fourth-order valence-corrected chi connectivity index (χ4v) is 4.77. The molecule has 1 aromatic heterocycles. The lowest BCUT2D eigenvalue weighted by atomic mass is 10.1. The first kappa shape index (κ1) is 23.2. The van der Waals surface area contributed by atoms with Gasteiger partial charge >= 0.3 is 6.01 Å². The van der Waals surface area contributed by atoms with Crippen molar-refractivity contribution in [1.82, 2.24) is 19.1 Å². The number of nitrogens with zero attached hydrogens (tertiary/aromatic N) is 4. The lowest BCUT2D eigenvalue weighted by Crippen LogP contribution is -2.26. The molecule has 0 unspecified atom stereocenters. The van der Waals surface area contributed by atoms with E-state index < -0.39 is 38.2 Å². The molecule has 4 rings (SSSR count). The summed E-state index contributed by atoms with van der Waals surface area (Å²) in [6, 6.07) is 13.9. The zero-order valence-electron chi connectivity index (χ0n) is 18.2. The molecule has 0 amide bonds. The number of aromatic hydroxyl groups is 3. The highest BCUT2D eigenvalue weighted by molar-refractivity contribution is 7.89. The molecule has 0 spiro atoms. The molecule has 0 saturated carbocycles. The molecule has 0 bridgehead atoms. The molecule has 0 radical (unpaired) electrons. The largest absolute Gasteiger partial charge is 0.507 e. The number of aromatic nitrogens is 3. The highest BCUT2D eigenvalue weighted by atomic mass is 32.2. The Bertz CT molecular complexity index is 1470. The summed E-state index contributed by atoms with van der Waals surface area (Å²) in [5.41, 5.74) is 1.76. The summed E-state index contributed by atoms with van der Waals surface area (Å²) >= 11 is 0. The van der Waals surface area contributed by atoms with Crippen molar-refractivity contribution in [3.8, 4) is 34.6 Å². The van der Waals surface area contributed by atoms with Crippen LogP contribution in [0.25, 0.3) is 17.1 Å². The molecule has 0 aliphatic carbocycles. The number of rotatable bonds is 6.